The topological polar surface area (TPSA) is 41.1 Å². The molecule has 1 aliphatic rings. The van der Waals surface area contributed by atoms with Crippen LogP contribution in [0.1, 0.15) is 36.1 Å². The Labute approximate surface area is 125 Å². The van der Waals surface area contributed by atoms with Crippen LogP contribution in [0.15, 0.2) is 18.2 Å². The number of carbonyl (C=O) groups is 1. The predicted octanol–water partition coefficient (Wildman–Crippen LogP) is 2.58. The molecule has 20 heavy (non-hydrogen) atoms. The minimum Gasteiger partial charge on any atom is -0.350 e. The lowest BCUT2D eigenvalue weighted by Gasteiger charge is -2.24. The first-order chi connectivity index (χ1) is 9.58. The van der Waals surface area contributed by atoms with Crippen LogP contribution in [0, 0.1) is 13.8 Å². The third-order valence-corrected chi connectivity index (χ3v) is 5.05. The maximum absolute atomic E-state index is 12.1. The van der Waals surface area contributed by atoms with E-state index in [-0.39, 0.29) is 11.9 Å². The van der Waals surface area contributed by atoms with Crippen molar-refractivity contribution in [2.24, 2.45) is 0 Å². The Bertz CT molecular complexity index is 470. The number of thioether (sulfide) groups is 1. The Morgan fingerprint density at radius 3 is 3.00 bits per heavy atom. The Morgan fingerprint density at radius 2 is 2.30 bits per heavy atom. The third-order valence-electron chi connectivity index (χ3n) is 3.92. The molecule has 2 unspecified atom stereocenters. The van der Waals surface area contributed by atoms with E-state index in [2.05, 4.69) is 49.6 Å². The number of rotatable bonds is 4. The SMILES string of the molecule is Cc1cccc(C(C)NC(=O)CC2CSCCN2)c1C. The molecule has 1 saturated heterocycles. The molecule has 4 heteroatoms. The molecular formula is C16H24N2OS. The van der Waals surface area contributed by atoms with E-state index in [9.17, 15) is 4.79 Å². The van der Waals surface area contributed by atoms with Crippen LogP contribution in [0.5, 0.6) is 0 Å². The third kappa shape index (κ3) is 4.00. The summed E-state index contributed by atoms with van der Waals surface area (Å²) in [6, 6.07) is 6.65. The number of hydrogen-bond acceptors (Lipinski definition) is 3. The van der Waals surface area contributed by atoms with Crippen molar-refractivity contribution in [3.63, 3.8) is 0 Å². The Morgan fingerprint density at radius 1 is 1.50 bits per heavy atom. The highest BCUT2D eigenvalue weighted by molar-refractivity contribution is 7.99. The minimum absolute atomic E-state index is 0.0682. The maximum atomic E-state index is 12.1. The lowest BCUT2D eigenvalue weighted by Crippen LogP contribution is -2.41. The molecule has 1 aromatic carbocycles. The van der Waals surface area contributed by atoms with Gasteiger partial charge in [0, 0.05) is 30.5 Å². The second kappa shape index (κ2) is 7.14. The van der Waals surface area contributed by atoms with E-state index in [0.717, 1.165) is 18.1 Å². The molecule has 1 heterocycles. The first-order valence-electron chi connectivity index (χ1n) is 7.24. The molecule has 0 spiro atoms. The quantitative estimate of drug-likeness (QED) is 0.896. The van der Waals surface area contributed by atoms with Crippen LogP contribution in [0.25, 0.3) is 0 Å². The van der Waals surface area contributed by atoms with Gasteiger partial charge in [0.05, 0.1) is 6.04 Å². The zero-order chi connectivity index (χ0) is 14.5. The average Bonchev–Trinajstić information content (AvgIpc) is 2.42. The molecule has 1 aromatic rings. The Hall–Kier alpha value is -1.00. The lowest BCUT2D eigenvalue weighted by molar-refractivity contribution is -0.122. The van der Waals surface area contributed by atoms with Crippen LogP contribution in [-0.2, 0) is 4.79 Å². The molecule has 1 amide bonds. The minimum atomic E-state index is 0.0682. The highest BCUT2D eigenvalue weighted by Crippen LogP contribution is 2.20. The highest BCUT2D eigenvalue weighted by atomic mass is 32.2. The fourth-order valence-electron chi connectivity index (χ4n) is 2.60. The van der Waals surface area contributed by atoms with Gasteiger partial charge >= 0.3 is 0 Å². The van der Waals surface area contributed by atoms with E-state index < -0.39 is 0 Å². The zero-order valence-corrected chi connectivity index (χ0v) is 13.3. The molecule has 2 atom stereocenters. The summed E-state index contributed by atoms with van der Waals surface area (Å²) in [5, 5.41) is 6.53. The van der Waals surface area contributed by atoms with Gasteiger partial charge in [-0.2, -0.15) is 11.8 Å². The molecule has 0 bridgehead atoms. The van der Waals surface area contributed by atoms with Gasteiger partial charge in [-0.15, -0.1) is 0 Å². The van der Waals surface area contributed by atoms with Crippen molar-refractivity contribution in [2.45, 2.75) is 39.3 Å². The van der Waals surface area contributed by atoms with E-state index >= 15 is 0 Å². The van der Waals surface area contributed by atoms with Crippen molar-refractivity contribution in [1.29, 1.82) is 0 Å². The Balaban J connectivity index is 1.91. The smallest absolute Gasteiger partial charge is 0.222 e. The Kier molecular flexibility index (Phi) is 5.49. The number of carbonyl (C=O) groups excluding carboxylic acids is 1. The van der Waals surface area contributed by atoms with Gasteiger partial charge in [0.2, 0.25) is 5.91 Å². The first-order valence-corrected chi connectivity index (χ1v) is 8.40. The normalized spacial score (nSPS) is 20.4. The lowest BCUT2D eigenvalue weighted by atomic mass is 9.98. The number of benzene rings is 1. The van der Waals surface area contributed by atoms with Gasteiger partial charge in [-0.3, -0.25) is 4.79 Å². The largest absolute Gasteiger partial charge is 0.350 e. The molecule has 110 valence electrons. The number of amides is 1. The summed E-state index contributed by atoms with van der Waals surface area (Å²) in [4.78, 5) is 12.1. The molecule has 2 N–H and O–H groups in total. The molecule has 1 aliphatic heterocycles. The molecule has 1 fully saturated rings. The second-order valence-corrected chi connectivity index (χ2v) is 6.66. The van der Waals surface area contributed by atoms with E-state index in [1.807, 2.05) is 11.8 Å². The van der Waals surface area contributed by atoms with Crippen LogP contribution in [0.2, 0.25) is 0 Å². The summed E-state index contributed by atoms with van der Waals surface area (Å²) in [6.07, 6.45) is 0.572. The van der Waals surface area contributed by atoms with Gasteiger partial charge in [0.25, 0.3) is 0 Å². The molecular weight excluding hydrogens is 268 g/mol. The van der Waals surface area contributed by atoms with Crippen molar-refractivity contribution in [1.82, 2.24) is 10.6 Å². The molecule has 3 nitrogen and oxygen atoms in total. The standard InChI is InChI=1S/C16H24N2OS/c1-11-5-4-6-15(12(11)2)13(3)18-16(19)9-14-10-20-8-7-17-14/h4-6,13-14,17H,7-10H2,1-3H3,(H,18,19). The first kappa shape index (κ1) is 15.4. The summed E-state index contributed by atoms with van der Waals surface area (Å²) in [5.41, 5.74) is 3.75. The second-order valence-electron chi connectivity index (χ2n) is 5.51. The number of hydrogen-bond donors (Lipinski definition) is 2. The summed E-state index contributed by atoms with van der Waals surface area (Å²) < 4.78 is 0. The van der Waals surface area contributed by atoms with Crippen LogP contribution >= 0.6 is 11.8 Å². The van der Waals surface area contributed by atoms with E-state index in [0.29, 0.717) is 12.5 Å². The van der Waals surface area contributed by atoms with Crippen molar-refractivity contribution >= 4 is 17.7 Å². The van der Waals surface area contributed by atoms with Crippen molar-refractivity contribution in [3.05, 3.63) is 34.9 Å². The van der Waals surface area contributed by atoms with Crippen LogP contribution in [0.4, 0.5) is 0 Å². The highest BCUT2D eigenvalue weighted by Gasteiger charge is 2.18. The predicted molar refractivity (Wildman–Crippen MR) is 86.2 cm³/mol. The molecule has 0 aromatic heterocycles. The van der Waals surface area contributed by atoms with Gasteiger partial charge in [-0.05, 0) is 37.5 Å². The summed E-state index contributed by atoms with van der Waals surface area (Å²) in [6.45, 7) is 7.29. The van der Waals surface area contributed by atoms with Crippen LogP contribution < -0.4 is 10.6 Å². The van der Waals surface area contributed by atoms with E-state index in [1.165, 1.54) is 16.7 Å². The summed E-state index contributed by atoms with van der Waals surface area (Å²) >= 11 is 1.92. The van der Waals surface area contributed by atoms with Crippen molar-refractivity contribution in [3.8, 4) is 0 Å². The van der Waals surface area contributed by atoms with E-state index in [1.54, 1.807) is 0 Å². The average molecular weight is 292 g/mol. The summed E-state index contributed by atoms with van der Waals surface area (Å²) in [7, 11) is 0. The molecule has 0 saturated carbocycles. The number of nitrogens with one attached hydrogen (secondary N) is 2. The van der Waals surface area contributed by atoms with Crippen molar-refractivity contribution in [2.75, 3.05) is 18.1 Å². The fraction of sp³-hybridized carbons (Fsp3) is 0.562. The van der Waals surface area contributed by atoms with Gasteiger partial charge in [-0.25, -0.2) is 0 Å². The van der Waals surface area contributed by atoms with Crippen LogP contribution in [0.3, 0.4) is 0 Å². The molecule has 2 rings (SSSR count). The molecule has 0 radical (unpaired) electrons. The monoisotopic (exact) mass is 292 g/mol. The fourth-order valence-corrected chi connectivity index (χ4v) is 3.54. The summed E-state index contributed by atoms with van der Waals surface area (Å²) in [5.74, 6) is 2.32. The maximum Gasteiger partial charge on any atom is 0.222 e. The van der Waals surface area contributed by atoms with Gasteiger partial charge in [-0.1, -0.05) is 18.2 Å². The van der Waals surface area contributed by atoms with Crippen molar-refractivity contribution < 1.29 is 4.79 Å². The molecule has 0 aliphatic carbocycles. The van der Waals surface area contributed by atoms with Gasteiger partial charge in [0.1, 0.15) is 0 Å². The van der Waals surface area contributed by atoms with Crippen LogP contribution in [-0.4, -0.2) is 30.0 Å². The van der Waals surface area contributed by atoms with Gasteiger partial charge in [0.15, 0.2) is 0 Å². The van der Waals surface area contributed by atoms with Gasteiger partial charge < -0.3 is 10.6 Å². The van der Waals surface area contributed by atoms with E-state index in [4.69, 9.17) is 0 Å². The number of aryl methyl sites for hydroxylation is 1. The zero-order valence-electron chi connectivity index (χ0n) is 12.5.